The summed E-state index contributed by atoms with van der Waals surface area (Å²) in [6.07, 6.45) is 1.58. The third kappa shape index (κ3) is 2.87. The van der Waals surface area contributed by atoms with Gasteiger partial charge in [0.25, 0.3) is 5.89 Å². The molecule has 0 N–H and O–H groups in total. The summed E-state index contributed by atoms with van der Waals surface area (Å²) in [6.45, 7) is 0. The van der Waals surface area contributed by atoms with Crippen molar-refractivity contribution in [2.75, 3.05) is 7.11 Å². The van der Waals surface area contributed by atoms with E-state index in [9.17, 15) is 8.76 Å². The van der Waals surface area contributed by atoms with Crippen LogP contribution in [0.4, 0.5) is 0 Å². The van der Waals surface area contributed by atoms with Crippen LogP contribution in [0.15, 0.2) is 52.0 Å². The van der Waals surface area contributed by atoms with Crippen LogP contribution in [0.5, 0.6) is 5.88 Å². The molecule has 2 heterocycles. The van der Waals surface area contributed by atoms with Gasteiger partial charge in [-0.2, -0.15) is 4.98 Å². The van der Waals surface area contributed by atoms with Gasteiger partial charge in [-0.1, -0.05) is 5.16 Å². The normalized spacial score (nSPS) is 12.1. The van der Waals surface area contributed by atoms with Crippen LogP contribution in [-0.2, 0) is 11.1 Å². The van der Waals surface area contributed by atoms with E-state index in [4.69, 9.17) is 9.26 Å². The molecule has 0 bridgehead atoms. The number of benzene rings is 1. The molecule has 7 nitrogen and oxygen atoms in total. The zero-order valence-electron chi connectivity index (χ0n) is 11.4. The Morgan fingerprint density at radius 3 is 2.64 bits per heavy atom. The summed E-state index contributed by atoms with van der Waals surface area (Å²) >= 11 is -2.26. The molecule has 0 saturated heterocycles. The van der Waals surface area contributed by atoms with E-state index in [2.05, 4.69) is 15.1 Å². The molecule has 0 aliphatic heterocycles. The Bertz CT molecular complexity index is 817. The number of nitrogens with zero attached hydrogens (tertiary/aromatic N) is 3. The molecular weight excluding hydrogens is 306 g/mol. The minimum Gasteiger partial charge on any atom is -0.768 e. The van der Waals surface area contributed by atoms with Gasteiger partial charge in [-0.3, -0.25) is 4.21 Å². The third-order valence-corrected chi connectivity index (χ3v) is 3.58. The van der Waals surface area contributed by atoms with Gasteiger partial charge in [0.15, 0.2) is 0 Å². The summed E-state index contributed by atoms with van der Waals surface area (Å²) in [7, 11) is 1.52. The van der Waals surface area contributed by atoms with Crippen molar-refractivity contribution in [3.05, 3.63) is 42.6 Å². The molecular formula is C14H10N3O4S-. The second kappa shape index (κ2) is 6.04. The van der Waals surface area contributed by atoms with Gasteiger partial charge in [0.2, 0.25) is 11.7 Å². The highest BCUT2D eigenvalue weighted by atomic mass is 32.2. The Labute approximate surface area is 128 Å². The lowest BCUT2D eigenvalue weighted by Gasteiger charge is -2.04. The van der Waals surface area contributed by atoms with E-state index in [1.54, 1.807) is 30.5 Å². The lowest BCUT2D eigenvalue weighted by atomic mass is 10.2. The molecule has 3 rings (SSSR count). The van der Waals surface area contributed by atoms with Crippen LogP contribution in [0.1, 0.15) is 0 Å². The fraction of sp³-hybridized carbons (Fsp3) is 0.0714. The van der Waals surface area contributed by atoms with Gasteiger partial charge in [-0.15, -0.1) is 0 Å². The highest BCUT2D eigenvalue weighted by Crippen LogP contribution is 2.24. The lowest BCUT2D eigenvalue weighted by Crippen LogP contribution is -1.89. The minimum absolute atomic E-state index is 0.200. The maximum Gasteiger partial charge on any atom is 0.258 e. The molecule has 0 fully saturated rings. The van der Waals surface area contributed by atoms with Crippen molar-refractivity contribution in [2.24, 2.45) is 0 Å². The molecule has 112 valence electrons. The maximum absolute atomic E-state index is 10.8. The first-order chi connectivity index (χ1) is 10.7. The van der Waals surface area contributed by atoms with Crippen molar-refractivity contribution >= 4 is 11.1 Å². The smallest absolute Gasteiger partial charge is 0.258 e. The van der Waals surface area contributed by atoms with E-state index in [-0.39, 0.29) is 4.90 Å². The van der Waals surface area contributed by atoms with Crippen LogP contribution in [-0.4, -0.2) is 31.0 Å². The first-order valence-electron chi connectivity index (χ1n) is 6.21. The average Bonchev–Trinajstić information content (AvgIpc) is 3.05. The number of ether oxygens (including phenoxy) is 1. The number of hydrogen-bond donors (Lipinski definition) is 0. The summed E-state index contributed by atoms with van der Waals surface area (Å²) in [6, 6.07) is 9.60. The van der Waals surface area contributed by atoms with Crippen LogP contribution < -0.4 is 4.74 Å². The number of rotatable bonds is 4. The van der Waals surface area contributed by atoms with E-state index in [1.807, 2.05) is 0 Å². The Morgan fingerprint density at radius 2 is 1.95 bits per heavy atom. The summed E-state index contributed by atoms with van der Waals surface area (Å²) in [4.78, 5) is 8.49. The van der Waals surface area contributed by atoms with E-state index in [0.717, 1.165) is 0 Å². The highest BCUT2D eigenvalue weighted by Gasteiger charge is 2.11. The predicted molar refractivity (Wildman–Crippen MR) is 76.7 cm³/mol. The van der Waals surface area contributed by atoms with Crippen LogP contribution in [0.2, 0.25) is 0 Å². The second-order valence-electron chi connectivity index (χ2n) is 4.27. The van der Waals surface area contributed by atoms with E-state index < -0.39 is 11.1 Å². The second-order valence-corrected chi connectivity index (χ2v) is 5.21. The van der Waals surface area contributed by atoms with Crippen molar-refractivity contribution in [2.45, 2.75) is 4.90 Å². The number of aromatic nitrogens is 3. The molecule has 1 aromatic carbocycles. The highest BCUT2D eigenvalue weighted by molar-refractivity contribution is 7.79. The predicted octanol–water partition coefficient (Wildman–Crippen LogP) is 2.05. The van der Waals surface area contributed by atoms with Gasteiger partial charge in [0.1, 0.15) is 0 Å². The van der Waals surface area contributed by atoms with E-state index in [1.165, 1.54) is 19.2 Å². The zero-order chi connectivity index (χ0) is 15.5. The van der Waals surface area contributed by atoms with Gasteiger partial charge in [-0.25, -0.2) is 4.98 Å². The van der Waals surface area contributed by atoms with Gasteiger partial charge in [0, 0.05) is 28.3 Å². The summed E-state index contributed by atoms with van der Waals surface area (Å²) in [5.74, 6) is 1.14. The number of hydrogen-bond acceptors (Lipinski definition) is 7. The molecule has 0 saturated carbocycles. The number of pyridine rings is 1. The molecule has 0 amide bonds. The third-order valence-electron chi connectivity index (χ3n) is 2.92. The van der Waals surface area contributed by atoms with Crippen molar-refractivity contribution in [1.29, 1.82) is 0 Å². The fourth-order valence-electron chi connectivity index (χ4n) is 1.83. The van der Waals surface area contributed by atoms with Gasteiger partial charge >= 0.3 is 0 Å². The topological polar surface area (TPSA) is 101 Å². The summed E-state index contributed by atoms with van der Waals surface area (Å²) in [5, 5.41) is 3.89. The SMILES string of the molecule is COc1cc(-c2nc(-c3ccc(S(=O)[O-])cc3)no2)ccn1. The lowest BCUT2D eigenvalue weighted by molar-refractivity contribution is 0.397. The molecule has 2 aromatic heterocycles. The van der Waals surface area contributed by atoms with Crippen LogP contribution in [0.3, 0.4) is 0 Å². The van der Waals surface area contributed by atoms with Gasteiger partial charge in [0.05, 0.1) is 7.11 Å². The molecule has 0 aliphatic carbocycles. The van der Waals surface area contributed by atoms with Crippen molar-refractivity contribution in [3.8, 4) is 28.7 Å². The van der Waals surface area contributed by atoms with Gasteiger partial charge < -0.3 is 13.8 Å². The Morgan fingerprint density at radius 1 is 1.18 bits per heavy atom. The van der Waals surface area contributed by atoms with Crippen molar-refractivity contribution in [3.63, 3.8) is 0 Å². The van der Waals surface area contributed by atoms with E-state index in [0.29, 0.717) is 28.7 Å². The fourth-order valence-corrected chi connectivity index (χ4v) is 2.19. The number of methoxy groups -OCH3 is 1. The first kappa shape index (κ1) is 14.4. The monoisotopic (exact) mass is 316 g/mol. The first-order valence-corrected chi connectivity index (χ1v) is 7.28. The average molecular weight is 316 g/mol. The largest absolute Gasteiger partial charge is 0.768 e. The maximum atomic E-state index is 10.8. The van der Waals surface area contributed by atoms with Crippen molar-refractivity contribution in [1.82, 2.24) is 15.1 Å². The van der Waals surface area contributed by atoms with Crippen molar-refractivity contribution < 1.29 is 18.0 Å². The Hall–Kier alpha value is -2.58. The molecule has 22 heavy (non-hydrogen) atoms. The van der Waals surface area contributed by atoms with Crippen LogP contribution >= 0.6 is 0 Å². The molecule has 0 aliphatic rings. The van der Waals surface area contributed by atoms with E-state index >= 15 is 0 Å². The minimum atomic E-state index is -2.26. The standard InChI is InChI=1S/C14H11N3O4S/c1-20-12-8-10(6-7-15-12)14-16-13(17-21-14)9-2-4-11(5-3-9)22(18)19/h2-8H,1H3,(H,18,19)/p-1. The molecule has 0 spiro atoms. The van der Waals surface area contributed by atoms with Crippen LogP contribution in [0, 0.1) is 0 Å². The Kier molecular flexibility index (Phi) is 3.94. The molecule has 1 atom stereocenters. The van der Waals surface area contributed by atoms with Crippen LogP contribution in [0.25, 0.3) is 22.8 Å². The summed E-state index contributed by atoms with van der Waals surface area (Å²) < 4.78 is 31.9. The molecule has 0 radical (unpaired) electrons. The molecule has 1 unspecified atom stereocenters. The molecule has 8 heteroatoms. The van der Waals surface area contributed by atoms with Gasteiger partial charge in [-0.05, 0) is 41.4 Å². The zero-order valence-corrected chi connectivity index (χ0v) is 12.2. The summed E-state index contributed by atoms with van der Waals surface area (Å²) in [5.41, 5.74) is 1.34. The molecule has 3 aromatic rings. The quantitative estimate of drug-likeness (QED) is 0.679. The Balaban J connectivity index is 1.91.